The first-order chi connectivity index (χ1) is 27.5. The zero-order chi connectivity index (χ0) is 46.2. The minimum Gasteiger partial charge on any atom is -0.381 e. The first kappa shape index (κ1) is 57.8. The van der Waals surface area contributed by atoms with Crippen molar-refractivity contribution in [1.29, 1.82) is 0 Å². The van der Waals surface area contributed by atoms with Crippen LogP contribution in [0.25, 0.3) is 0 Å². The summed E-state index contributed by atoms with van der Waals surface area (Å²) in [6.45, 7) is 5.54. The van der Waals surface area contributed by atoms with Crippen LogP contribution in [0.15, 0.2) is 0 Å². The van der Waals surface area contributed by atoms with Crippen LogP contribution in [0, 0.1) is 29.1 Å². The molecule has 0 spiro atoms. The molecule has 21 nitrogen and oxygen atoms in total. The van der Waals surface area contributed by atoms with Crippen molar-refractivity contribution in [2.24, 2.45) is 29.1 Å². The highest BCUT2D eigenvalue weighted by Gasteiger charge is 2.36. The lowest BCUT2D eigenvalue weighted by Gasteiger charge is -2.33. The summed E-state index contributed by atoms with van der Waals surface area (Å²) in [4.78, 5) is 50.7. The van der Waals surface area contributed by atoms with Gasteiger partial charge < -0.3 is 24.8 Å². The van der Waals surface area contributed by atoms with Gasteiger partial charge in [-0.15, -0.1) is 0 Å². The summed E-state index contributed by atoms with van der Waals surface area (Å²) < 4.78 is 132. The van der Waals surface area contributed by atoms with Gasteiger partial charge in [-0.3, -0.25) is 36.3 Å². The summed E-state index contributed by atoms with van der Waals surface area (Å²) in [5.41, 5.74) is -1.14. The molecule has 0 aromatic rings. The number of nitrogens with one attached hydrogen (secondary N) is 2. The molecule has 4 unspecified atom stereocenters. The molecule has 0 aromatic carbocycles. The van der Waals surface area contributed by atoms with Gasteiger partial charge in [0.15, 0.2) is 0 Å². The van der Waals surface area contributed by atoms with Crippen molar-refractivity contribution >= 4 is 63.9 Å². The third-order valence-electron chi connectivity index (χ3n) is 8.66. The molecule has 0 aliphatic rings. The summed E-state index contributed by atoms with van der Waals surface area (Å²) in [7, 11) is -15.5. The molecule has 0 radical (unpaired) electrons. The average molecular weight is 947 g/mol. The molecule has 0 heterocycles. The quantitative estimate of drug-likeness (QED) is 0.0433. The van der Waals surface area contributed by atoms with Crippen LogP contribution < -0.4 is 10.6 Å². The number of ether oxygens (including phenoxy) is 3. The fraction of sp³-hybridized carbons (Fsp3) is 0.886. The van der Waals surface area contributed by atoms with Gasteiger partial charge in [0.2, 0.25) is 11.8 Å². The number of Topliss-reactive ketones (excluding diaryl/α,β-unsaturated/α-hetero) is 2. The largest absolute Gasteiger partial charge is 0.381 e. The maximum atomic E-state index is 13.5. The maximum Gasteiger partial charge on any atom is 0.264 e. The Kier molecular flexibility index (Phi) is 27.4. The Bertz CT molecular complexity index is 1610. The van der Waals surface area contributed by atoms with Gasteiger partial charge >= 0.3 is 0 Å². The molecule has 60 heavy (non-hydrogen) atoms. The van der Waals surface area contributed by atoms with Crippen molar-refractivity contribution in [2.45, 2.75) is 72.6 Å². The number of carbonyl (C=O) groups is 4. The Morgan fingerprint density at radius 3 is 1.32 bits per heavy atom. The minimum atomic E-state index is -4.34. The molecule has 4 atom stereocenters. The molecule has 25 heteroatoms. The first-order valence-electron chi connectivity index (χ1n) is 19.4. The molecule has 0 bridgehead atoms. The maximum absolute atomic E-state index is 13.5. The van der Waals surface area contributed by atoms with Crippen LogP contribution in [0.2, 0.25) is 0 Å². The van der Waals surface area contributed by atoms with Crippen LogP contribution >= 0.6 is 0 Å². The Labute approximate surface area is 356 Å². The molecule has 3 N–H and O–H groups in total. The third-order valence-corrected chi connectivity index (χ3v) is 11.1. The molecule has 2 amide bonds. The van der Waals surface area contributed by atoms with Crippen molar-refractivity contribution in [3.05, 3.63) is 0 Å². The van der Waals surface area contributed by atoms with Crippen LogP contribution in [-0.2, 0) is 86.4 Å². The molecule has 0 aliphatic carbocycles. The Hall–Kier alpha value is -2.20. The predicted molar refractivity (Wildman–Crippen MR) is 219 cm³/mol. The van der Waals surface area contributed by atoms with Gasteiger partial charge in [-0.2, -0.15) is 33.7 Å². The van der Waals surface area contributed by atoms with E-state index in [1.54, 1.807) is 6.92 Å². The van der Waals surface area contributed by atoms with Gasteiger partial charge in [0.05, 0.1) is 76.0 Å². The highest BCUT2D eigenvalue weighted by atomic mass is 32.2. The van der Waals surface area contributed by atoms with E-state index in [0.29, 0.717) is 25.7 Å². The topological polar surface area (TPSA) is 305 Å². The summed E-state index contributed by atoms with van der Waals surface area (Å²) in [6.07, 6.45) is 3.88. The number of hydrogen-bond donors (Lipinski definition) is 3. The number of amides is 2. The molecule has 354 valence electrons. The standard InChI is InChI=1S/C35H66N2O19S4/c1-27(13-19-60(48,49)50)32(39)20-35(24-51-16-9-8-12-31(38)28(2)21-54-57(5,42)43,25-52-17-10-14-36-33(40)29(3)22-55-58(6,44)45)26-53-18-11-15-37-34(41)30(4)23-56-59(7,46)47/h27-30H,8-26H2,1-7H3,(H,36,40)(H,37,41)(H,48,49,50). The lowest BCUT2D eigenvalue weighted by Crippen LogP contribution is -2.41. The fourth-order valence-electron chi connectivity index (χ4n) is 4.97. The van der Waals surface area contributed by atoms with Gasteiger partial charge in [0.1, 0.15) is 11.6 Å². The second-order valence-corrected chi connectivity index (χ2v) is 21.7. The van der Waals surface area contributed by atoms with Gasteiger partial charge in [-0.25, -0.2) is 0 Å². The van der Waals surface area contributed by atoms with Gasteiger partial charge in [-0.05, 0) is 32.1 Å². The van der Waals surface area contributed by atoms with E-state index in [4.69, 9.17) is 18.4 Å². The normalized spacial score (nSPS) is 15.7. The van der Waals surface area contributed by atoms with E-state index in [0.717, 1.165) is 18.8 Å². The Morgan fingerprint density at radius 2 is 0.933 bits per heavy atom. The van der Waals surface area contributed by atoms with Crippen LogP contribution in [0.1, 0.15) is 72.6 Å². The van der Waals surface area contributed by atoms with E-state index in [-0.39, 0.29) is 103 Å². The summed E-state index contributed by atoms with van der Waals surface area (Å²) in [5.74, 6) is -5.01. The Balaban J connectivity index is 5.76. The summed E-state index contributed by atoms with van der Waals surface area (Å²) >= 11 is 0. The number of carbonyl (C=O) groups excluding carboxylic acids is 4. The third kappa shape index (κ3) is 31.6. The van der Waals surface area contributed by atoms with E-state index >= 15 is 0 Å². The fourth-order valence-corrected chi connectivity index (χ4v) is 6.97. The molecular weight excluding hydrogens is 881 g/mol. The monoisotopic (exact) mass is 946 g/mol. The average Bonchev–Trinajstić information content (AvgIpc) is 3.13. The molecule has 0 aliphatic heterocycles. The summed E-state index contributed by atoms with van der Waals surface area (Å²) in [5, 5.41) is 5.33. The van der Waals surface area contributed by atoms with Crippen LogP contribution in [0.5, 0.6) is 0 Å². The van der Waals surface area contributed by atoms with E-state index in [1.165, 1.54) is 20.8 Å². The second-order valence-electron chi connectivity index (χ2n) is 15.2. The van der Waals surface area contributed by atoms with E-state index in [1.807, 2.05) is 0 Å². The molecule has 0 saturated heterocycles. The van der Waals surface area contributed by atoms with Crippen LogP contribution in [0.3, 0.4) is 0 Å². The van der Waals surface area contributed by atoms with Crippen molar-refractivity contribution in [1.82, 2.24) is 10.6 Å². The SMILES string of the molecule is CC(CCS(=O)(=O)O)C(=O)CC(COCCCCC(=O)C(C)COS(C)(=O)=O)(COCCCNC(=O)C(C)COS(C)(=O)=O)COCCCNC(=O)C(C)COS(C)(=O)=O. The van der Waals surface area contributed by atoms with E-state index < -0.39 is 87.1 Å². The molecule has 0 saturated carbocycles. The molecule has 0 aromatic heterocycles. The van der Waals surface area contributed by atoms with Gasteiger partial charge in [-0.1, -0.05) is 27.7 Å². The Morgan fingerprint density at radius 1 is 0.550 bits per heavy atom. The van der Waals surface area contributed by atoms with Crippen molar-refractivity contribution in [3.63, 3.8) is 0 Å². The zero-order valence-electron chi connectivity index (χ0n) is 35.7. The van der Waals surface area contributed by atoms with E-state index in [9.17, 15) is 57.4 Å². The highest BCUT2D eigenvalue weighted by molar-refractivity contribution is 7.86. The lowest BCUT2D eigenvalue weighted by atomic mass is 9.81. The van der Waals surface area contributed by atoms with Crippen LogP contribution in [0.4, 0.5) is 0 Å². The van der Waals surface area contributed by atoms with Gasteiger partial charge in [0, 0.05) is 63.0 Å². The molecule has 0 rings (SSSR count). The first-order valence-corrected chi connectivity index (χ1v) is 26.4. The van der Waals surface area contributed by atoms with Crippen molar-refractivity contribution in [2.75, 3.05) is 97.1 Å². The number of rotatable bonds is 37. The second kappa shape index (κ2) is 28.5. The highest BCUT2D eigenvalue weighted by Crippen LogP contribution is 2.28. The van der Waals surface area contributed by atoms with E-state index in [2.05, 4.69) is 19.0 Å². The number of unbranched alkanes of at least 4 members (excludes halogenated alkanes) is 1. The number of hydrogen-bond acceptors (Lipinski definition) is 18. The molecular formula is C35H66N2O19S4. The lowest BCUT2D eigenvalue weighted by molar-refractivity contribution is -0.132. The zero-order valence-corrected chi connectivity index (χ0v) is 38.9. The minimum absolute atomic E-state index is 0.0838. The van der Waals surface area contributed by atoms with Gasteiger partial charge in [0.25, 0.3) is 40.5 Å². The predicted octanol–water partition coefficient (Wildman–Crippen LogP) is 0.485. The van der Waals surface area contributed by atoms with Crippen molar-refractivity contribution < 1.29 is 84.2 Å². The number of ketones is 2. The van der Waals surface area contributed by atoms with Crippen molar-refractivity contribution in [3.8, 4) is 0 Å². The summed E-state index contributed by atoms with van der Waals surface area (Å²) in [6, 6.07) is 0. The smallest absolute Gasteiger partial charge is 0.264 e. The van der Waals surface area contributed by atoms with Crippen LogP contribution in [-0.4, -0.2) is 159 Å². The molecule has 0 fully saturated rings.